The van der Waals surface area contributed by atoms with Gasteiger partial charge in [-0.3, -0.25) is 9.89 Å². The van der Waals surface area contributed by atoms with Crippen LogP contribution in [0.5, 0.6) is 0 Å². The molecule has 1 aromatic carbocycles. The van der Waals surface area contributed by atoms with E-state index < -0.39 is 11.7 Å². The quantitative estimate of drug-likeness (QED) is 0.708. The van der Waals surface area contributed by atoms with Crippen LogP contribution in [-0.4, -0.2) is 51.2 Å². The van der Waals surface area contributed by atoms with E-state index in [-0.39, 0.29) is 23.7 Å². The predicted molar refractivity (Wildman–Crippen MR) is 113 cm³/mol. The molecule has 2 fully saturated rings. The second-order valence-corrected chi connectivity index (χ2v) is 9.69. The number of hydrogen-bond donors (Lipinski definition) is 1. The Morgan fingerprint density at radius 3 is 2.58 bits per heavy atom. The lowest BCUT2D eigenvalue weighted by Gasteiger charge is -2.24. The molecule has 2 aromatic rings. The van der Waals surface area contributed by atoms with Crippen LogP contribution >= 0.6 is 11.9 Å². The molecule has 5 nitrogen and oxygen atoms in total. The number of carbonyl (C=O) groups excluding carboxylic acids is 1. The Morgan fingerprint density at radius 1 is 1.19 bits per heavy atom. The van der Waals surface area contributed by atoms with Gasteiger partial charge in [-0.15, -0.1) is 0 Å². The summed E-state index contributed by atoms with van der Waals surface area (Å²) >= 11 is 1.68. The van der Waals surface area contributed by atoms with Crippen LogP contribution in [0.3, 0.4) is 0 Å². The summed E-state index contributed by atoms with van der Waals surface area (Å²) in [6, 6.07) is 5.93. The summed E-state index contributed by atoms with van der Waals surface area (Å²) in [4.78, 5) is 15.0. The number of carbonyl (C=O) groups is 1. The fourth-order valence-corrected chi connectivity index (χ4v) is 6.14. The molecule has 1 saturated carbocycles. The first-order chi connectivity index (χ1) is 14.8. The van der Waals surface area contributed by atoms with Gasteiger partial charge in [0.25, 0.3) is 5.91 Å². The van der Waals surface area contributed by atoms with Gasteiger partial charge in [0.15, 0.2) is 5.69 Å². The molecular weight excluding hydrogens is 425 g/mol. The van der Waals surface area contributed by atoms with Gasteiger partial charge in [0.2, 0.25) is 0 Å². The molecule has 1 N–H and O–H groups in total. The Hall–Kier alpha value is -2.00. The standard InChI is InChI=1S/C22H25F3N4OS/c1-31-29-7-6-17-19(12-29)26-27-20(17)21(30)28-10-14-8-13(9-15(14)11-28)16-4-2-3-5-18(16)22(23,24)25/h2-5,13-15H,6-12H2,1H3,(H,26,27). The van der Waals surface area contributed by atoms with Crippen LogP contribution in [0.1, 0.15) is 51.6 Å². The first-order valence-electron chi connectivity index (χ1n) is 10.7. The zero-order valence-corrected chi connectivity index (χ0v) is 18.1. The van der Waals surface area contributed by atoms with Crippen molar-refractivity contribution < 1.29 is 18.0 Å². The molecule has 2 atom stereocenters. The Bertz CT molecular complexity index is 977. The van der Waals surface area contributed by atoms with E-state index in [1.54, 1.807) is 24.1 Å². The number of H-pyrrole nitrogens is 1. The van der Waals surface area contributed by atoms with Crippen LogP contribution in [0.15, 0.2) is 24.3 Å². The van der Waals surface area contributed by atoms with Crippen molar-refractivity contribution in [3.05, 3.63) is 52.3 Å². The molecule has 1 saturated heterocycles. The van der Waals surface area contributed by atoms with E-state index >= 15 is 0 Å². The maximum Gasteiger partial charge on any atom is 0.416 e. The lowest BCUT2D eigenvalue weighted by molar-refractivity contribution is -0.138. The lowest BCUT2D eigenvalue weighted by atomic mass is 9.91. The van der Waals surface area contributed by atoms with Crippen molar-refractivity contribution >= 4 is 17.9 Å². The van der Waals surface area contributed by atoms with E-state index in [0.29, 0.717) is 37.2 Å². The Morgan fingerprint density at radius 2 is 1.90 bits per heavy atom. The van der Waals surface area contributed by atoms with Gasteiger partial charge in [-0.05, 0) is 54.9 Å². The Balaban J connectivity index is 1.28. The molecule has 31 heavy (non-hydrogen) atoms. The molecule has 166 valence electrons. The molecule has 1 aromatic heterocycles. The average Bonchev–Trinajstić information content (AvgIpc) is 3.45. The molecule has 3 aliphatic rings. The number of nitrogens with zero attached hydrogens (tertiary/aromatic N) is 3. The summed E-state index contributed by atoms with van der Waals surface area (Å²) in [5, 5.41) is 7.36. The minimum absolute atomic E-state index is 0.0447. The van der Waals surface area contributed by atoms with Crippen LogP contribution < -0.4 is 0 Å². The predicted octanol–water partition coefficient (Wildman–Crippen LogP) is 4.33. The maximum absolute atomic E-state index is 13.4. The summed E-state index contributed by atoms with van der Waals surface area (Å²) in [5.41, 5.74) is 2.43. The number of rotatable bonds is 3. The van der Waals surface area contributed by atoms with Crippen LogP contribution in [-0.2, 0) is 19.1 Å². The van der Waals surface area contributed by atoms with Crippen LogP contribution in [0.4, 0.5) is 13.2 Å². The van der Waals surface area contributed by atoms with Gasteiger partial charge in [0, 0.05) is 25.2 Å². The number of halogens is 3. The third kappa shape index (κ3) is 3.75. The highest BCUT2D eigenvalue weighted by Crippen LogP contribution is 2.49. The molecule has 9 heteroatoms. The zero-order chi connectivity index (χ0) is 21.8. The van der Waals surface area contributed by atoms with Gasteiger partial charge < -0.3 is 4.90 Å². The van der Waals surface area contributed by atoms with Crippen molar-refractivity contribution in [2.75, 3.05) is 25.9 Å². The summed E-state index contributed by atoms with van der Waals surface area (Å²) < 4.78 is 42.5. The molecule has 0 radical (unpaired) electrons. The Kier molecular flexibility index (Phi) is 5.29. The number of amides is 1. The maximum atomic E-state index is 13.4. The van der Waals surface area contributed by atoms with E-state index in [4.69, 9.17) is 0 Å². The van der Waals surface area contributed by atoms with E-state index in [0.717, 1.165) is 30.8 Å². The van der Waals surface area contributed by atoms with Gasteiger partial charge in [0.1, 0.15) is 0 Å². The molecule has 0 spiro atoms. The molecule has 1 aliphatic carbocycles. The van der Waals surface area contributed by atoms with Gasteiger partial charge in [-0.1, -0.05) is 30.1 Å². The number of likely N-dealkylation sites (tertiary alicyclic amines) is 1. The largest absolute Gasteiger partial charge is 0.416 e. The summed E-state index contributed by atoms with van der Waals surface area (Å²) in [6.07, 6.45) is -0.103. The van der Waals surface area contributed by atoms with E-state index in [2.05, 4.69) is 14.5 Å². The number of aromatic nitrogens is 2. The highest BCUT2D eigenvalue weighted by Gasteiger charge is 2.45. The summed E-state index contributed by atoms with van der Waals surface area (Å²) in [6.45, 7) is 2.85. The van der Waals surface area contributed by atoms with Gasteiger partial charge >= 0.3 is 6.18 Å². The number of hydrogen-bond acceptors (Lipinski definition) is 4. The third-order valence-corrected chi connectivity index (χ3v) is 7.93. The molecule has 3 heterocycles. The summed E-state index contributed by atoms with van der Waals surface area (Å²) in [5.74, 6) is 0.353. The van der Waals surface area contributed by atoms with Crippen LogP contribution in [0.2, 0.25) is 0 Å². The molecule has 5 rings (SSSR count). The number of alkyl halides is 3. The van der Waals surface area contributed by atoms with Gasteiger partial charge in [-0.2, -0.15) is 18.3 Å². The number of nitrogens with one attached hydrogen (secondary N) is 1. The van der Waals surface area contributed by atoms with Crippen molar-refractivity contribution in [3.63, 3.8) is 0 Å². The molecule has 0 bridgehead atoms. The van der Waals surface area contributed by atoms with Crippen LogP contribution in [0, 0.1) is 11.8 Å². The summed E-state index contributed by atoms with van der Waals surface area (Å²) in [7, 11) is 0. The first kappa shape index (κ1) is 20.9. The minimum atomic E-state index is -4.33. The van der Waals surface area contributed by atoms with Gasteiger partial charge in [-0.25, -0.2) is 4.31 Å². The number of benzene rings is 1. The normalized spacial score (nSPS) is 26.2. The Labute approximate surface area is 183 Å². The first-order valence-corrected chi connectivity index (χ1v) is 11.8. The zero-order valence-electron chi connectivity index (χ0n) is 17.3. The molecule has 1 amide bonds. The van der Waals surface area contributed by atoms with Crippen molar-refractivity contribution in [3.8, 4) is 0 Å². The highest BCUT2D eigenvalue weighted by molar-refractivity contribution is 7.96. The van der Waals surface area contributed by atoms with E-state index in [1.165, 1.54) is 12.1 Å². The number of aromatic amines is 1. The highest BCUT2D eigenvalue weighted by atomic mass is 32.2. The van der Waals surface area contributed by atoms with Crippen LogP contribution in [0.25, 0.3) is 0 Å². The molecule has 2 unspecified atom stereocenters. The second-order valence-electron chi connectivity index (χ2n) is 8.81. The van der Waals surface area contributed by atoms with E-state index in [9.17, 15) is 18.0 Å². The van der Waals surface area contributed by atoms with Crippen molar-refractivity contribution in [2.24, 2.45) is 11.8 Å². The second kappa shape index (κ2) is 7.85. The fraction of sp³-hybridized carbons (Fsp3) is 0.545. The van der Waals surface area contributed by atoms with Crippen molar-refractivity contribution in [1.82, 2.24) is 19.4 Å². The fourth-order valence-electron chi connectivity index (χ4n) is 5.61. The average molecular weight is 451 g/mol. The van der Waals surface area contributed by atoms with Crippen molar-refractivity contribution in [1.29, 1.82) is 0 Å². The van der Waals surface area contributed by atoms with Crippen molar-refractivity contribution in [2.45, 2.75) is 37.9 Å². The monoisotopic (exact) mass is 450 g/mol. The van der Waals surface area contributed by atoms with E-state index in [1.807, 2.05) is 11.2 Å². The lowest BCUT2D eigenvalue weighted by Crippen LogP contribution is -2.32. The minimum Gasteiger partial charge on any atom is -0.337 e. The topological polar surface area (TPSA) is 52.2 Å². The molecular formula is C22H25F3N4OS. The van der Waals surface area contributed by atoms with Gasteiger partial charge in [0.05, 0.1) is 17.8 Å². The smallest absolute Gasteiger partial charge is 0.337 e. The molecule has 2 aliphatic heterocycles. The third-order valence-electron chi connectivity index (χ3n) is 7.10. The SMILES string of the molecule is CSN1CCc2c(C(=O)N3CC4CC(c5ccccc5C(F)(F)F)CC4C3)n[nH]c2C1. The number of fused-ring (bicyclic) bond motifs is 2.